The Hall–Kier alpha value is -2.86. The van der Waals surface area contributed by atoms with Crippen LogP contribution in [0.5, 0.6) is 0 Å². The molecule has 0 unspecified atom stereocenters. The minimum absolute atomic E-state index is 0.0366. The van der Waals surface area contributed by atoms with E-state index in [1.807, 2.05) is 37.3 Å². The van der Waals surface area contributed by atoms with E-state index >= 15 is 0 Å². The monoisotopic (exact) mass is 392 g/mol. The highest BCUT2D eigenvalue weighted by Crippen LogP contribution is 2.37. The number of nitrogens with one attached hydrogen (secondary N) is 1. The number of piperazine rings is 1. The van der Waals surface area contributed by atoms with E-state index in [0.29, 0.717) is 5.69 Å². The zero-order valence-electron chi connectivity index (χ0n) is 17.3. The van der Waals surface area contributed by atoms with E-state index < -0.39 is 5.54 Å². The molecule has 1 N–H and O–H groups in total. The molecule has 2 aliphatic rings. The summed E-state index contributed by atoms with van der Waals surface area (Å²) < 4.78 is 0. The number of para-hydroxylation sites is 3. The molecule has 6 heteroatoms. The van der Waals surface area contributed by atoms with Crippen molar-refractivity contribution in [3.8, 4) is 0 Å². The molecule has 0 radical (unpaired) electrons. The van der Waals surface area contributed by atoms with Crippen LogP contribution in [0.4, 0.5) is 17.1 Å². The summed E-state index contributed by atoms with van der Waals surface area (Å²) in [5.41, 5.74) is 1.72. The zero-order valence-corrected chi connectivity index (χ0v) is 17.3. The maximum absolute atomic E-state index is 13.6. The highest BCUT2D eigenvalue weighted by Gasteiger charge is 2.45. The van der Waals surface area contributed by atoms with Crippen LogP contribution < -0.4 is 15.1 Å². The quantitative estimate of drug-likeness (QED) is 0.873. The van der Waals surface area contributed by atoms with Crippen LogP contribution in [0.1, 0.15) is 20.8 Å². The molecule has 0 aromatic heterocycles. The molecule has 6 nitrogen and oxygen atoms in total. The molecule has 0 spiro atoms. The summed E-state index contributed by atoms with van der Waals surface area (Å²) in [4.78, 5) is 32.5. The van der Waals surface area contributed by atoms with Gasteiger partial charge in [0.1, 0.15) is 5.54 Å². The Balaban J connectivity index is 1.51. The number of nitrogens with zero attached hydrogens (tertiary/aromatic N) is 3. The van der Waals surface area contributed by atoms with Gasteiger partial charge in [-0.15, -0.1) is 0 Å². The summed E-state index contributed by atoms with van der Waals surface area (Å²) >= 11 is 0. The molecule has 1 fully saturated rings. The maximum atomic E-state index is 13.6. The van der Waals surface area contributed by atoms with Gasteiger partial charge in [0.2, 0.25) is 11.8 Å². The first-order valence-corrected chi connectivity index (χ1v) is 10.2. The fourth-order valence-electron chi connectivity index (χ4n) is 4.20. The molecule has 2 aromatic rings. The van der Waals surface area contributed by atoms with Crippen molar-refractivity contribution in [3.63, 3.8) is 0 Å². The molecule has 2 aliphatic heterocycles. The van der Waals surface area contributed by atoms with Crippen LogP contribution in [0, 0.1) is 0 Å². The summed E-state index contributed by atoms with van der Waals surface area (Å²) in [6.07, 6.45) is 0. The second kappa shape index (κ2) is 7.52. The topological polar surface area (TPSA) is 55.9 Å². The van der Waals surface area contributed by atoms with Crippen molar-refractivity contribution < 1.29 is 9.59 Å². The van der Waals surface area contributed by atoms with Crippen molar-refractivity contribution in [1.82, 2.24) is 4.90 Å². The Kier molecular flexibility index (Phi) is 5.04. The lowest BCUT2D eigenvalue weighted by atomic mass is 9.95. The van der Waals surface area contributed by atoms with Gasteiger partial charge in [-0.2, -0.15) is 0 Å². The van der Waals surface area contributed by atoms with Crippen LogP contribution in [0.25, 0.3) is 0 Å². The SMILES string of the molecule is C[C@H](C(=O)N1c2ccccc2NC(=O)C1(C)C)N1CCN(c2ccccc2)CC1. The van der Waals surface area contributed by atoms with Crippen molar-refractivity contribution in [1.29, 1.82) is 0 Å². The van der Waals surface area contributed by atoms with Gasteiger partial charge in [-0.25, -0.2) is 0 Å². The number of amides is 2. The third-order valence-corrected chi connectivity index (χ3v) is 6.07. The summed E-state index contributed by atoms with van der Waals surface area (Å²) in [5.74, 6) is -0.198. The molecule has 0 aliphatic carbocycles. The Bertz CT molecular complexity index is 904. The molecule has 2 aromatic carbocycles. The minimum atomic E-state index is -0.939. The van der Waals surface area contributed by atoms with Crippen LogP contribution in [-0.2, 0) is 9.59 Å². The molecule has 0 saturated carbocycles. The number of rotatable bonds is 3. The number of hydrogen-bond acceptors (Lipinski definition) is 4. The third kappa shape index (κ3) is 3.49. The first kappa shape index (κ1) is 19.5. The standard InChI is InChI=1S/C23H28N4O2/c1-17(25-13-15-26(16-14-25)18-9-5-4-6-10-18)21(28)27-20-12-8-7-11-19(20)24-22(29)23(27,2)3/h4-12,17H,13-16H2,1-3H3,(H,24,29)/t17-/m1/s1. The number of hydrogen-bond donors (Lipinski definition) is 1. The normalized spacial score (nSPS) is 20.0. The number of fused-ring (bicyclic) bond motifs is 1. The highest BCUT2D eigenvalue weighted by molar-refractivity contribution is 6.15. The fraction of sp³-hybridized carbons (Fsp3) is 0.391. The second-order valence-corrected chi connectivity index (χ2v) is 8.24. The number of carbonyl (C=O) groups excluding carboxylic acids is 2. The van der Waals surface area contributed by atoms with E-state index in [0.717, 1.165) is 31.9 Å². The van der Waals surface area contributed by atoms with Crippen LogP contribution in [-0.4, -0.2) is 54.5 Å². The minimum Gasteiger partial charge on any atom is -0.369 e. The smallest absolute Gasteiger partial charge is 0.250 e. The predicted octanol–water partition coefficient (Wildman–Crippen LogP) is 2.96. The summed E-state index contributed by atoms with van der Waals surface area (Å²) in [5, 5.41) is 2.92. The molecular formula is C23H28N4O2. The Morgan fingerprint density at radius 2 is 1.59 bits per heavy atom. The molecular weight excluding hydrogens is 364 g/mol. The molecule has 1 saturated heterocycles. The molecule has 29 heavy (non-hydrogen) atoms. The Morgan fingerprint density at radius 1 is 0.966 bits per heavy atom. The number of benzene rings is 2. The lowest BCUT2D eigenvalue weighted by Gasteiger charge is -2.45. The third-order valence-electron chi connectivity index (χ3n) is 6.07. The molecule has 152 valence electrons. The summed E-state index contributed by atoms with van der Waals surface area (Å²) in [6.45, 7) is 8.93. The van der Waals surface area contributed by atoms with Crippen molar-refractivity contribution >= 4 is 28.9 Å². The van der Waals surface area contributed by atoms with Gasteiger partial charge in [0.25, 0.3) is 0 Å². The van der Waals surface area contributed by atoms with Gasteiger partial charge in [-0.1, -0.05) is 30.3 Å². The number of anilines is 3. The average molecular weight is 393 g/mol. The van der Waals surface area contributed by atoms with E-state index in [2.05, 4.69) is 39.4 Å². The van der Waals surface area contributed by atoms with E-state index in [1.54, 1.807) is 18.7 Å². The lowest BCUT2D eigenvalue weighted by molar-refractivity contribution is -0.129. The average Bonchev–Trinajstić information content (AvgIpc) is 2.74. The highest BCUT2D eigenvalue weighted by atomic mass is 16.2. The Labute approximate surface area is 172 Å². The fourth-order valence-corrected chi connectivity index (χ4v) is 4.20. The van der Waals surface area contributed by atoms with E-state index in [1.165, 1.54) is 5.69 Å². The van der Waals surface area contributed by atoms with E-state index in [-0.39, 0.29) is 17.9 Å². The van der Waals surface area contributed by atoms with Gasteiger partial charge in [-0.05, 0) is 45.0 Å². The molecule has 2 amide bonds. The van der Waals surface area contributed by atoms with Crippen LogP contribution in [0.15, 0.2) is 54.6 Å². The van der Waals surface area contributed by atoms with E-state index in [4.69, 9.17) is 0 Å². The van der Waals surface area contributed by atoms with Gasteiger partial charge in [0.15, 0.2) is 0 Å². The Morgan fingerprint density at radius 3 is 2.28 bits per heavy atom. The second-order valence-electron chi connectivity index (χ2n) is 8.24. The predicted molar refractivity (Wildman–Crippen MR) is 116 cm³/mol. The first-order chi connectivity index (χ1) is 13.9. The molecule has 4 rings (SSSR count). The van der Waals surface area contributed by atoms with Crippen molar-refractivity contribution in [2.45, 2.75) is 32.4 Å². The molecule has 1 atom stereocenters. The van der Waals surface area contributed by atoms with Gasteiger partial charge < -0.3 is 10.2 Å². The van der Waals surface area contributed by atoms with Gasteiger partial charge >= 0.3 is 0 Å². The van der Waals surface area contributed by atoms with Gasteiger partial charge in [-0.3, -0.25) is 19.4 Å². The largest absolute Gasteiger partial charge is 0.369 e. The first-order valence-electron chi connectivity index (χ1n) is 10.2. The van der Waals surface area contributed by atoms with Crippen molar-refractivity contribution in [2.24, 2.45) is 0 Å². The van der Waals surface area contributed by atoms with Gasteiger partial charge in [0, 0.05) is 31.9 Å². The van der Waals surface area contributed by atoms with Crippen LogP contribution in [0.3, 0.4) is 0 Å². The van der Waals surface area contributed by atoms with Crippen LogP contribution in [0.2, 0.25) is 0 Å². The molecule has 2 heterocycles. The van der Waals surface area contributed by atoms with Crippen LogP contribution >= 0.6 is 0 Å². The summed E-state index contributed by atoms with van der Waals surface area (Å²) in [7, 11) is 0. The van der Waals surface area contributed by atoms with Crippen molar-refractivity contribution in [2.75, 3.05) is 41.3 Å². The van der Waals surface area contributed by atoms with E-state index in [9.17, 15) is 9.59 Å². The van der Waals surface area contributed by atoms with Crippen molar-refractivity contribution in [3.05, 3.63) is 54.6 Å². The summed E-state index contributed by atoms with van der Waals surface area (Å²) in [6, 6.07) is 17.6. The zero-order chi connectivity index (χ0) is 20.6. The maximum Gasteiger partial charge on any atom is 0.250 e. The molecule has 0 bridgehead atoms. The van der Waals surface area contributed by atoms with Gasteiger partial charge in [0.05, 0.1) is 17.4 Å². The lowest BCUT2D eigenvalue weighted by Crippen LogP contribution is -2.63. The number of carbonyl (C=O) groups is 2.